The number of benzene rings is 2. The van der Waals surface area contributed by atoms with Crippen molar-refractivity contribution in [3.63, 3.8) is 0 Å². The summed E-state index contributed by atoms with van der Waals surface area (Å²) in [6.07, 6.45) is 3.06. The fraction of sp³-hybridized carbons (Fsp3) is 0.364. The number of para-hydroxylation sites is 2. The van der Waals surface area contributed by atoms with Crippen molar-refractivity contribution >= 4 is 38.6 Å². The van der Waals surface area contributed by atoms with Crippen molar-refractivity contribution in [3.05, 3.63) is 63.5 Å². The number of nitrogens with one attached hydrogen (secondary N) is 1. The molecule has 1 fully saturated rings. The molecule has 1 aromatic heterocycles. The van der Waals surface area contributed by atoms with E-state index in [-0.39, 0.29) is 27.8 Å². The first-order valence-electron chi connectivity index (χ1n) is 10.5. The second kappa shape index (κ2) is 9.48. The average Bonchev–Trinajstić information content (AvgIpc) is 3.12. The molecule has 1 aliphatic rings. The fourth-order valence-electron chi connectivity index (χ4n) is 3.87. The quantitative estimate of drug-likeness (QED) is 0.415. The Morgan fingerprint density at radius 2 is 1.84 bits per heavy atom. The zero-order valence-corrected chi connectivity index (χ0v) is 19.0. The van der Waals surface area contributed by atoms with Gasteiger partial charge in [-0.3, -0.25) is 4.57 Å². The van der Waals surface area contributed by atoms with Crippen molar-refractivity contribution in [2.75, 3.05) is 19.7 Å². The van der Waals surface area contributed by atoms with Crippen molar-refractivity contribution < 1.29 is 17.9 Å². The number of nitrogens with zero attached hydrogens (tertiary/aromatic N) is 2. The smallest absolute Gasteiger partial charge is 0.339 e. The van der Waals surface area contributed by atoms with E-state index in [4.69, 9.17) is 16.3 Å². The zero-order valence-electron chi connectivity index (χ0n) is 17.4. The van der Waals surface area contributed by atoms with Crippen LogP contribution in [0.25, 0.3) is 11.0 Å². The lowest BCUT2D eigenvalue weighted by atomic mass is 10.2. The molecule has 0 amide bonds. The van der Waals surface area contributed by atoms with E-state index in [0.29, 0.717) is 26.1 Å². The van der Waals surface area contributed by atoms with Gasteiger partial charge < -0.3 is 9.72 Å². The zero-order chi connectivity index (χ0) is 22.7. The van der Waals surface area contributed by atoms with Crippen LogP contribution in [0, 0.1) is 0 Å². The number of carbonyl (C=O) groups is 1. The molecule has 4 rings (SSSR count). The van der Waals surface area contributed by atoms with Gasteiger partial charge in [0.25, 0.3) is 0 Å². The molecule has 0 saturated carbocycles. The summed E-state index contributed by atoms with van der Waals surface area (Å²) in [5, 5.41) is 0.125. The number of rotatable bonds is 7. The Morgan fingerprint density at radius 1 is 1.09 bits per heavy atom. The number of hydrogen-bond acceptors (Lipinski definition) is 5. The van der Waals surface area contributed by atoms with Gasteiger partial charge in [-0.15, -0.1) is 0 Å². The molecule has 1 saturated heterocycles. The van der Waals surface area contributed by atoms with Gasteiger partial charge in [-0.05, 0) is 49.6 Å². The summed E-state index contributed by atoms with van der Waals surface area (Å²) in [5.41, 5.74) is 1.31. The number of aromatic nitrogens is 2. The number of aromatic amines is 1. The first-order valence-corrected chi connectivity index (χ1v) is 12.3. The van der Waals surface area contributed by atoms with E-state index in [1.165, 1.54) is 22.5 Å². The molecular formula is C22H24ClN3O5S. The lowest BCUT2D eigenvalue weighted by Crippen LogP contribution is -2.35. The number of H-pyrrole nitrogens is 1. The molecule has 3 aromatic rings. The third-order valence-electron chi connectivity index (χ3n) is 5.55. The molecular weight excluding hydrogens is 454 g/mol. The summed E-state index contributed by atoms with van der Waals surface area (Å²) in [6, 6.07) is 11.4. The van der Waals surface area contributed by atoms with E-state index in [9.17, 15) is 18.0 Å². The number of sulfonamides is 1. The molecule has 8 nitrogen and oxygen atoms in total. The summed E-state index contributed by atoms with van der Waals surface area (Å²) in [6.45, 7) is 1.37. The van der Waals surface area contributed by atoms with Crippen LogP contribution < -0.4 is 5.69 Å². The highest BCUT2D eigenvalue weighted by molar-refractivity contribution is 7.89. The van der Waals surface area contributed by atoms with Crippen LogP contribution in [0.1, 0.15) is 36.0 Å². The van der Waals surface area contributed by atoms with Crippen molar-refractivity contribution in [1.29, 1.82) is 0 Å². The Morgan fingerprint density at radius 3 is 2.62 bits per heavy atom. The van der Waals surface area contributed by atoms with Gasteiger partial charge in [0, 0.05) is 19.6 Å². The van der Waals surface area contributed by atoms with Crippen LogP contribution >= 0.6 is 11.6 Å². The van der Waals surface area contributed by atoms with E-state index in [1.807, 2.05) is 24.3 Å². The number of piperidine rings is 1. The van der Waals surface area contributed by atoms with Crippen LogP contribution in [0.2, 0.25) is 5.02 Å². The number of ether oxygens (including phenoxy) is 1. The second-order valence-electron chi connectivity index (χ2n) is 7.69. The molecule has 10 heteroatoms. The van der Waals surface area contributed by atoms with Crippen LogP contribution in [0.3, 0.4) is 0 Å². The number of aryl methyl sites for hydroxylation is 1. The maximum absolute atomic E-state index is 12.9. The van der Waals surface area contributed by atoms with Crippen LogP contribution in [0.5, 0.6) is 0 Å². The van der Waals surface area contributed by atoms with E-state index in [1.54, 1.807) is 4.57 Å². The highest BCUT2D eigenvalue weighted by atomic mass is 35.5. The van der Waals surface area contributed by atoms with Crippen LogP contribution in [0.4, 0.5) is 0 Å². The largest absolute Gasteiger partial charge is 0.462 e. The topological polar surface area (TPSA) is 101 Å². The van der Waals surface area contributed by atoms with Gasteiger partial charge in [-0.25, -0.2) is 18.0 Å². The Bertz CT molecular complexity index is 1290. The molecule has 0 unspecified atom stereocenters. The third-order valence-corrected chi connectivity index (χ3v) is 7.78. The fourth-order valence-corrected chi connectivity index (χ4v) is 5.61. The van der Waals surface area contributed by atoms with Gasteiger partial charge in [-0.2, -0.15) is 4.31 Å². The third kappa shape index (κ3) is 4.60. The lowest BCUT2D eigenvalue weighted by Gasteiger charge is -2.26. The maximum Gasteiger partial charge on any atom is 0.339 e. The number of hydrogen-bond donors (Lipinski definition) is 1. The summed E-state index contributed by atoms with van der Waals surface area (Å²) in [7, 11) is -3.69. The van der Waals surface area contributed by atoms with Gasteiger partial charge in [0.15, 0.2) is 0 Å². The minimum absolute atomic E-state index is 0.00834. The monoisotopic (exact) mass is 477 g/mol. The Labute approximate surface area is 190 Å². The summed E-state index contributed by atoms with van der Waals surface area (Å²) in [4.78, 5) is 27.5. The van der Waals surface area contributed by atoms with Crippen LogP contribution in [-0.4, -0.2) is 47.9 Å². The highest BCUT2D eigenvalue weighted by Crippen LogP contribution is 2.25. The molecule has 0 bridgehead atoms. The van der Waals surface area contributed by atoms with E-state index in [0.717, 1.165) is 30.3 Å². The SMILES string of the molecule is O=C(OCCCn1c(=O)[nH]c2ccccc21)c1cc(S(=O)(=O)N2CCCCC2)ccc1Cl. The van der Waals surface area contributed by atoms with Gasteiger partial charge in [0.2, 0.25) is 10.0 Å². The molecule has 170 valence electrons. The molecule has 0 radical (unpaired) electrons. The van der Waals surface area contributed by atoms with E-state index >= 15 is 0 Å². The van der Waals surface area contributed by atoms with Gasteiger partial charge >= 0.3 is 11.7 Å². The maximum atomic E-state index is 12.9. The first-order chi connectivity index (χ1) is 15.4. The van der Waals surface area contributed by atoms with Gasteiger partial charge in [-0.1, -0.05) is 30.2 Å². The molecule has 2 aromatic carbocycles. The van der Waals surface area contributed by atoms with E-state index < -0.39 is 16.0 Å². The predicted molar refractivity (Wildman–Crippen MR) is 122 cm³/mol. The molecule has 2 heterocycles. The lowest BCUT2D eigenvalue weighted by molar-refractivity contribution is 0.0496. The van der Waals surface area contributed by atoms with E-state index in [2.05, 4.69) is 4.98 Å². The van der Waals surface area contributed by atoms with Crippen molar-refractivity contribution in [2.24, 2.45) is 0 Å². The summed E-state index contributed by atoms with van der Waals surface area (Å²) in [5.74, 6) is -0.697. The number of esters is 1. The standard InChI is InChI=1S/C22H24ClN3O5S/c23-18-10-9-16(32(29,30)25-11-4-1-5-12-25)15-17(18)21(27)31-14-6-13-26-20-8-3-2-7-19(20)24-22(26)28/h2-3,7-10,15H,1,4-6,11-14H2,(H,24,28). The van der Waals surface area contributed by atoms with Crippen LogP contribution in [-0.2, 0) is 21.3 Å². The summed E-state index contributed by atoms with van der Waals surface area (Å²) < 4.78 is 34.1. The van der Waals surface area contributed by atoms with Crippen molar-refractivity contribution in [1.82, 2.24) is 13.9 Å². The average molecular weight is 478 g/mol. The van der Waals surface area contributed by atoms with Crippen molar-refractivity contribution in [3.8, 4) is 0 Å². The van der Waals surface area contributed by atoms with Crippen LogP contribution in [0.15, 0.2) is 52.2 Å². The molecule has 0 atom stereocenters. The molecule has 32 heavy (non-hydrogen) atoms. The van der Waals surface area contributed by atoms with Crippen molar-refractivity contribution in [2.45, 2.75) is 37.1 Å². The molecule has 1 aliphatic heterocycles. The van der Waals surface area contributed by atoms with Gasteiger partial charge in [0.05, 0.1) is 33.1 Å². The number of halogens is 1. The molecule has 1 N–H and O–H groups in total. The van der Waals surface area contributed by atoms with Gasteiger partial charge in [0.1, 0.15) is 0 Å². The predicted octanol–water partition coefficient (Wildman–Crippen LogP) is 3.40. The molecule has 0 spiro atoms. The number of carbonyl (C=O) groups excluding carboxylic acids is 1. The number of imidazole rings is 1. The minimum atomic E-state index is -3.69. The Balaban J connectivity index is 1.41. The minimum Gasteiger partial charge on any atom is -0.462 e. The second-order valence-corrected chi connectivity index (χ2v) is 10.0. The highest BCUT2D eigenvalue weighted by Gasteiger charge is 2.27. The summed E-state index contributed by atoms with van der Waals surface area (Å²) >= 11 is 6.15. The number of fused-ring (bicyclic) bond motifs is 1. The molecule has 0 aliphatic carbocycles. The Kier molecular flexibility index (Phi) is 6.68. The Hall–Kier alpha value is -2.62. The first kappa shape index (κ1) is 22.6. The normalized spacial score (nSPS) is 15.2.